The number of anilines is 2. The summed E-state index contributed by atoms with van der Waals surface area (Å²) in [7, 11) is 0. The van der Waals surface area contributed by atoms with Crippen LogP contribution >= 0.6 is 0 Å². The molecule has 0 spiro atoms. The number of ether oxygens (including phenoxy) is 1. The van der Waals surface area contributed by atoms with Crippen molar-refractivity contribution in [2.75, 3.05) is 11.5 Å². The Kier molecular flexibility index (Phi) is 4.30. The van der Waals surface area contributed by atoms with E-state index >= 15 is 0 Å². The summed E-state index contributed by atoms with van der Waals surface area (Å²) in [5.74, 6) is 0.149. The van der Waals surface area contributed by atoms with E-state index in [1.54, 1.807) is 18.2 Å². The second kappa shape index (κ2) is 5.95. The van der Waals surface area contributed by atoms with Crippen molar-refractivity contribution in [3.63, 3.8) is 0 Å². The molecule has 19 heavy (non-hydrogen) atoms. The molecule has 2 atom stereocenters. The summed E-state index contributed by atoms with van der Waals surface area (Å²) in [6.45, 7) is 2.15. The van der Waals surface area contributed by atoms with E-state index in [4.69, 9.17) is 16.2 Å². The van der Waals surface area contributed by atoms with E-state index < -0.39 is 0 Å². The third kappa shape index (κ3) is 3.19. The Balaban J connectivity index is 2.07. The lowest BCUT2D eigenvalue weighted by atomic mass is 9.85. The van der Waals surface area contributed by atoms with Crippen molar-refractivity contribution < 1.29 is 9.53 Å². The van der Waals surface area contributed by atoms with Gasteiger partial charge < -0.3 is 16.2 Å². The molecular weight excluding hydrogens is 240 g/mol. The van der Waals surface area contributed by atoms with Gasteiger partial charge in [0.05, 0.1) is 5.56 Å². The van der Waals surface area contributed by atoms with Crippen molar-refractivity contribution in [3.05, 3.63) is 23.8 Å². The van der Waals surface area contributed by atoms with Crippen LogP contribution in [0.4, 0.5) is 11.4 Å². The van der Waals surface area contributed by atoms with Crippen LogP contribution in [0.3, 0.4) is 0 Å². The molecule has 1 aliphatic rings. The molecule has 1 saturated carbocycles. The van der Waals surface area contributed by atoms with E-state index in [-0.39, 0.29) is 12.1 Å². The zero-order valence-electron chi connectivity index (χ0n) is 11.4. The molecule has 0 heterocycles. The molecule has 0 saturated heterocycles. The lowest BCUT2D eigenvalue weighted by Gasteiger charge is -2.30. The molecule has 1 aliphatic carbocycles. The Bertz CT molecular complexity index is 459. The molecule has 0 radical (unpaired) electrons. The fourth-order valence-electron chi connectivity index (χ4n) is 2.76. The summed E-state index contributed by atoms with van der Waals surface area (Å²) in [6.07, 6.45) is 5.55. The SMILES string of the molecule is CCC1CCCCC1OC(=O)c1ccc(N)cc1N. The summed E-state index contributed by atoms with van der Waals surface area (Å²) >= 11 is 0. The predicted molar refractivity (Wildman–Crippen MR) is 76.7 cm³/mol. The Labute approximate surface area is 114 Å². The highest BCUT2D eigenvalue weighted by Crippen LogP contribution is 2.30. The zero-order chi connectivity index (χ0) is 13.8. The number of nitrogens with two attached hydrogens (primary N) is 2. The van der Waals surface area contributed by atoms with Gasteiger partial charge in [0.25, 0.3) is 0 Å². The Morgan fingerprint density at radius 2 is 2.05 bits per heavy atom. The van der Waals surface area contributed by atoms with Gasteiger partial charge in [0.1, 0.15) is 6.10 Å². The summed E-state index contributed by atoms with van der Waals surface area (Å²) in [5.41, 5.74) is 12.8. The number of benzene rings is 1. The van der Waals surface area contributed by atoms with Gasteiger partial charge in [0.2, 0.25) is 0 Å². The smallest absolute Gasteiger partial charge is 0.340 e. The van der Waals surface area contributed by atoms with Crippen molar-refractivity contribution in [2.24, 2.45) is 5.92 Å². The van der Waals surface area contributed by atoms with Crippen molar-refractivity contribution in [2.45, 2.75) is 45.1 Å². The summed E-state index contributed by atoms with van der Waals surface area (Å²) in [4.78, 5) is 12.2. The number of nitrogen functional groups attached to an aromatic ring is 2. The number of carbonyl (C=O) groups is 1. The average Bonchev–Trinajstić information content (AvgIpc) is 2.39. The normalized spacial score (nSPS) is 23.0. The molecular formula is C15H22N2O2. The highest BCUT2D eigenvalue weighted by atomic mass is 16.5. The van der Waals surface area contributed by atoms with Crippen LogP contribution in [0.15, 0.2) is 18.2 Å². The van der Waals surface area contributed by atoms with E-state index in [1.165, 1.54) is 6.42 Å². The number of rotatable bonds is 3. The minimum Gasteiger partial charge on any atom is -0.458 e. The van der Waals surface area contributed by atoms with Crippen molar-refractivity contribution in [3.8, 4) is 0 Å². The summed E-state index contributed by atoms with van der Waals surface area (Å²) < 4.78 is 5.64. The topological polar surface area (TPSA) is 78.3 Å². The lowest BCUT2D eigenvalue weighted by Crippen LogP contribution is -2.30. The van der Waals surface area contributed by atoms with Gasteiger partial charge in [0, 0.05) is 11.4 Å². The average molecular weight is 262 g/mol. The molecule has 104 valence electrons. The maximum Gasteiger partial charge on any atom is 0.340 e. The predicted octanol–water partition coefficient (Wildman–Crippen LogP) is 2.98. The van der Waals surface area contributed by atoms with Crippen LogP contribution in [0, 0.1) is 5.92 Å². The third-order valence-corrected chi connectivity index (χ3v) is 3.92. The van der Waals surface area contributed by atoms with Crippen molar-refractivity contribution in [1.29, 1.82) is 0 Å². The van der Waals surface area contributed by atoms with Gasteiger partial charge in [-0.25, -0.2) is 4.79 Å². The van der Waals surface area contributed by atoms with E-state index in [2.05, 4.69) is 6.92 Å². The van der Waals surface area contributed by atoms with Gasteiger partial charge in [-0.3, -0.25) is 0 Å². The number of hydrogen-bond acceptors (Lipinski definition) is 4. The van der Waals surface area contributed by atoms with Crippen LogP contribution in [0.1, 0.15) is 49.4 Å². The van der Waals surface area contributed by atoms with Gasteiger partial charge in [-0.2, -0.15) is 0 Å². The first-order valence-corrected chi connectivity index (χ1v) is 6.97. The second-order valence-corrected chi connectivity index (χ2v) is 5.24. The van der Waals surface area contributed by atoms with Crippen LogP contribution < -0.4 is 11.5 Å². The molecule has 4 nitrogen and oxygen atoms in total. The van der Waals surface area contributed by atoms with E-state index in [9.17, 15) is 4.79 Å². The fraction of sp³-hybridized carbons (Fsp3) is 0.533. The van der Waals surface area contributed by atoms with Crippen molar-refractivity contribution >= 4 is 17.3 Å². The minimum absolute atomic E-state index is 0.0307. The monoisotopic (exact) mass is 262 g/mol. The molecule has 0 aromatic heterocycles. The van der Waals surface area contributed by atoms with Gasteiger partial charge in [-0.05, 0) is 49.8 Å². The Morgan fingerprint density at radius 3 is 2.74 bits per heavy atom. The lowest BCUT2D eigenvalue weighted by molar-refractivity contribution is 0.000825. The van der Waals surface area contributed by atoms with Gasteiger partial charge in [-0.1, -0.05) is 13.3 Å². The highest BCUT2D eigenvalue weighted by molar-refractivity contribution is 5.95. The molecule has 1 fully saturated rings. The number of esters is 1. The molecule has 1 aromatic rings. The van der Waals surface area contributed by atoms with Crippen LogP contribution in [-0.4, -0.2) is 12.1 Å². The first kappa shape index (κ1) is 13.7. The molecule has 0 bridgehead atoms. The minimum atomic E-state index is -0.331. The van der Waals surface area contributed by atoms with E-state index in [0.717, 1.165) is 25.7 Å². The molecule has 1 aromatic carbocycles. The van der Waals surface area contributed by atoms with Crippen LogP contribution in [0.2, 0.25) is 0 Å². The Morgan fingerprint density at radius 1 is 1.32 bits per heavy atom. The maximum absolute atomic E-state index is 12.2. The summed E-state index contributed by atoms with van der Waals surface area (Å²) in [5, 5.41) is 0. The molecule has 4 N–H and O–H groups in total. The number of carbonyl (C=O) groups excluding carboxylic acids is 1. The molecule has 2 rings (SSSR count). The van der Waals surface area contributed by atoms with Crippen molar-refractivity contribution in [1.82, 2.24) is 0 Å². The largest absolute Gasteiger partial charge is 0.458 e. The van der Waals surface area contributed by atoms with Crippen LogP contribution in [0.5, 0.6) is 0 Å². The third-order valence-electron chi connectivity index (χ3n) is 3.92. The molecule has 4 heteroatoms. The zero-order valence-corrected chi connectivity index (χ0v) is 11.4. The first-order chi connectivity index (χ1) is 9.11. The van der Waals surface area contributed by atoms with Gasteiger partial charge >= 0.3 is 5.97 Å². The van der Waals surface area contributed by atoms with Crippen LogP contribution in [0.25, 0.3) is 0 Å². The molecule has 2 unspecified atom stereocenters. The van der Waals surface area contributed by atoms with Crippen LogP contribution in [-0.2, 0) is 4.74 Å². The standard InChI is InChI=1S/C15H22N2O2/c1-2-10-5-3-4-6-14(10)19-15(18)12-8-7-11(16)9-13(12)17/h7-10,14H,2-6,16-17H2,1H3. The number of hydrogen-bond donors (Lipinski definition) is 2. The van der Waals surface area contributed by atoms with Gasteiger partial charge in [-0.15, -0.1) is 0 Å². The quantitative estimate of drug-likeness (QED) is 0.648. The Hall–Kier alpha value is -1.71. The maximum atomic E-state index is 12.2. The first-order valence-electron chi connectivity index (χ1n) is 6.97. The summed E-state index contributed by atoms with van der Waals surface area (Å²) in [6, 6.07) is 4.90. The van der Waals surface area contributed by atoms with E-state index in [1.807, 2.05) is 0 Å². The second-order valence-electron chi connectivity index (χ2n) is 5.24. The van der Waals surface area contributed by atoms with E-state index in [0.29, 0.717) is 22.9 Å². The fourth-order valence-corrected chi connectivity index (χ4v) is 2.76. The highest BCUT2D eigenvalue weighted by Gasteiger charge is 2.27. The van der Waals surface area contributed by atoms with Gasteiger partial charge in [0.15, 0.2) is 0 Å². The molecule has 0 amide bonds. The molecule has 0 aliphatic heterocycles.